The summed E-state index contributed by atoms with van der Waals surface area (Å²) < 4.78 is 0. The number of aromatic nitrogens is 2. The third-order valence-corrected chi connectivity index (χ3v) is 2.80. The third kappa shape index (κ3) is 2.81. The van der Waals surface area contributed by atoms with Gasteiger partial charge in [-0.2, -0.15) is 0 Å². The Kier molecular flexibility index (Phi) is 3.71. The number of hydrogen-bond donors (Lipinski definition) is 1. The summed E-state index contributed by atoms with van der Waals surface area (Å²) >= 11 is 5.92. The molecule has 17 heavy (non-hydrogen) atoms. The maximum Gasteiger partial charge on any atom is 0.159 e. The normalized spacial score (nSPS) is 10.5. The molecule has 2 rings (SSSR count). The number of aryl methyl sites for hydroxylation is 1. The Bertz CT molecular complexity index is 509. The Balaban J connectivity index is 2.33. The van der Waals surface area contributed by atoms with Crippen molar-refractivity contribution < 1.29 is 0 Å². The first-order valence-electron chi connectivity index (χ1n) is 5.48. The number of nitrogens with two attached hydrogens (primary N) is 1. The van der Waals surface area contributed by atoms with E-state index in [1.165, 1.54) is 0 Å². The minimum Gasteiger partial charge on any atom is -0.330 e. The van der Waals surface area contributed by atoms with Crippen LogP contribution < -0.4 is 5.73 Å². The van der Waals surface area contributed by atoms with Gasteiger partial charge in [-0.25, -0.2) is 9.97 Å². The topological polar surface area (TPSA) is 51.8 Å². The molecule has 88 valence electrons. The third-order valence-electron chi connectivity index (χ3n) is 2.57. The summed E-state index contributed by atoms with van der Waals surface area (Å²) in [5.74, 6) is 0.722. The molecule has 3 nitrogen and oxygen atoms in total. The van der Waals surface area contributed by atoms with Gasteiger partial charge in [-0.05, 0) is 49.2 Å². The highest BCUT2D eigenvalue weighted by molar-refractivity contribution is 6.30. The van der Waals surface area contributed by atoms with E-state index in [0.717, 1.165) is 34.0 Å². The highest BCUT2D eigenvalue weighted by Crippen LogP contribution is 2.22. The fraction of sp³-hybridized carbons (Fsp3) is 0.231. The van der Waals surface area contributed by atoms with Crippen molar-refractivity contribution in [2.24, 2.45) is 5.73 Å². The molecule has 2 N–H and O–H groups in total. The van der Waals surface area contributed by atoms with Gasteiger partial charge in [0.2, 0.25) is 0 Å². The lowest BCUT2D eigenvalue weighted by Crippen LogP contribution is -2.03. The van der Waals surface area contributed by atoms with Crippen LogP contribution in [0.15, 0.2) is 30.6 Å². The monoisotopic (exact) mass is 247 g/mol. The van der Waals surface area contributed by atoms with Gasteiger partial charge in [-0.15, -0.1) is 0 Å². The maximum atomic E-state index is 5.92. The van der Waals surface area contributed by atoms with Crippen molar-refractivity contribution >= 4 is 11.6 Å². The van der Waals surface area contributed by atoms with Gasteiger partial charge < -0.3 is 5.73 Å². The molecule has 0 fully saturated rings. The molecule has 1 aromatic carbocycles. The van der Waals surface area contributed by atoms with Crippen molar-refractivity contribution in [3.8, 4) is 11.4 Å². The van der Waals surface area contributed by atoms with Crippen LogP contribution in [-0.4, -0.2) is 16.5 Å². The molecule has 1 aromatic heterocycles. The van der Waals surface area contributed by atoms with Crippen LogP contribution in [-0.2, 0) is 6.42 Å². The zero-order chi connectivity index (χ0) is 12.3. The van der Waals surface area contributed by atoms with E-state index in [0.29, 0.717) is 6.54 Å². The second-order valence-corrected chi connectivity index (χ2v) is 4.35. The van der Waals surface area contributed by atoms with Crippen LogP contribution in [0.25, 0.3) is 11.4 Å². The molecule has 0 aliphatic rings. The zero-order valence-corrected chi connectivity index (χ0v) is 10.4. The summed E-state index contributed by atoms with van der Waals surface area (Å²) in [7, 11) is 0. The molecule has 0 radical (unpaired) electrons. The number of rotatable bonds is 3. The van der Waals surface area contributed by atoms with E-state index >= 15 is 0 Å². The minimum atomic E-state index is 0.614. The molecule has 0 aliphatic carbocycles. The van der Waals surface area contributed by atoms with Gasteiger partial charge in [-0.3, -0.25) is 0 Å². The first kappa shape index (κ1) is 12.0. The lowest BCUT2D eigenvalue weighted by atomic mass is 10.1. The number of halogens is 1. The fourth-order valence-corrected chi connectivity index (χ4v) is 1.89. The van der Waals surface area contributed by atoms with Gasteiger partial charge in [0.05, 0.1) is 0 Å². The molecule has 0 unspecified atom stereocenters. The van der Waals surface area contributed by atoms with E-state index < -0.39 is 0 Å². The van der Waals surface area contributed by atoms with Crippen LogP contribution in [0.2, 0.25) is 5.02 Å². The molecule has 0 spiro atoms. The molecule has 0 atom stereocenters. The van der Waals surface area contributed by atoms with Gasteiger partial charge in [0.1, 0.15) is 0 Å². The Labute approximate surface area is 106 Å². The quantitative estimate of drug-likeness (QED) is 0.907. The predicted molar refractivity (Wildman–Crippen MR) is 70.0 cm³/mol. The SMILES string of the molecule is Cc1cc(Cl)ccc1-c1ncc(CCN)cn1. The van der Waals surface area contributed by atoms with Gasteiger partial charge in [-0.1, -0.05) is 11.6 Å². The molecule has 0 bridgehead atoms. The Morgan fingerprint density at radius 3 is 2.53 bits per heavy atom. The summed E-state index contributed by atoms with van der Waals surface area (Å²) in [5.41, 5.74) is 8.62. The van der Waals surface area contributed by atoms with Crippen LogP contribution in [0.3, 0.4) is 0 Å². The zero-order valence-electron chi connectivity index (χ0n) is 9.65. The van der Waals surface area contributed by atoms with Crippen LogP contribution in [0, 0.1) is 6.92 Å². The van der Waals surface area contributed by atoms with E-state index in [2.05, 4.69) is 9.97 Å². The van der Waals surface area contributed by atoms with Gasteiger partial charge >= 0.3 is 0 Å². The summed E-state index contributed by atoms with van der Waals surface area (Å²) in [5, 5.41) is 0.728. The highest BCUT2D eigenvalue weighted by atomic mass is 35.5. The second-order valence-electron chi connectivity index (χ2n) is 3.91. The number of hydrogen-bond acceptors (Lipinski definition) is 3. The van der Waals surface area contributed by atoms with Crippen LogP contribution >= 0.6 is 11.6 Å². The number of nitrogens with zero attached hydrogens (tertiary/aromatic N) is 2. The molecule has 0 saturated heterocycles. The van der Waals surface area contributed by atoms with Crippen LogP contribution in [0.5, 0.6) is 0 Å². The van der Waals surface area contributed by atoms with Crippen LogP contribution in [0.1, 0.15) is 11.1 Å². The Morgan fingerprint density at radius 2 is 1.94 bits per heavy atom. The average Bonchev–Trinajstić information content (AvgIpc) is 2.31. The minimum absolute atomic E-state index is 0.614. The maximum absolute atomic E-state index is 5.92. The summed E-state index contributed by atoms with van der Waals surface area (Å²) in [6.45, 7) is 2.61. The molecule has 0 saturated carbocycles. The van der Waals surface area contributed by atoms with E-state index in [-0.39, 0.29) is 0 Å². The molecular weight excluding hydrogens is 234 g/mol. The van der Waals surface area contributed by atoms with Crippen LogP contribution in [0.4, 0.5) is 0 Å². The molecule has 0 amide bonds. The first-order valence-corrected chi connectivity index (χ1v) is 5.86. The highest BCUT2D eigenvalue weighted by Gasteiger charge is 2.05. The summed E-state index contributed by atoms with van der Waals surface area (Å²) in [6, 6.07) is 5.70. The van der Waals surface area contributed by atoms with Crippen molar-refractivity contribution in [2.75, 3.05) is 6.54 Å². The van der Waals surface area contributed by atoms with E-state index in [1.807, 2.05) is 37.5 Å². The van der Waals surface area contributed by atoms with Crippen molar-refractivity contribution in [1.82, 2.24) is 9.97 Å². The Morgan fingerprint density at radius 1 is 1.24 bits per heavy atom. The van der Waals surface area contributed by atoms with Gasteiger partial charge in [0.25, 0.3) is 0 Å². The fourth-order valence-electron chi connectivity index (χ4n) is 1.67. The molecule has 1 heterocycles. The Hall–Kier alpha value is -1.45. The van der Waals surface area contributed by atoms with Gasteiger partial charge in [0.15, 0.2) is 5.82 Å². The second kappa shape index (κ2) is 5.25. The first-order chi connectivity index (χ1) is 8.20. The van der Waals surface area contributed by atoms with Gasteiger partial charge in [0, 0.05) is 23.0 Å². The van der Waals surface area contributed by atoms with Crippen molar-refractivity contribution in [1.29, 1.82) is 0 Å². The standard InChI is InChI=1S/C13H14ClN3/c1-9-6-11(14)2-3-12(9)13-16-7-10(4-5-15)8-17-13/h2-3,6-8H,4-5,15H2,1H3. The molecule has 4 heteroatoms. The molecular formula is C13H14ClN3. The van der Waals surface area contributed by atoms with E-state index in [1.54, 1.807) is 0 Å². The molecule has 0 aliphatic heterocycles. The average molecular weight is 248 g/mol. The molecule has 2 aromatic rings. The smallest absolute Gasteiger partial charge is 0.159 e. The summed E-state index contributed by atoms with van der Waals surface area (Å²) in [6.07, 6.45) is 4.45. The van der Waals surface area contributed by atoms with E-state index in [9.17, 15) is 0 Å². The lowest BCUT2D eigenvalue weighted by molar-refractivity contribution is 0.943. The number of benzene rings is 1. The van der Waals surface area contributed by atoms with Crippen molar-refractivity contribution in [3.63, 3.8) is 0 Å². The van der Waals surface area contributed by atoms with Crippen molar-refractivity contribution in [2.45, 2.75) is 13.3 Å². The predicted octanol–water partition coefficient (Wildman–Crippen LogP) is 2.61. The summed E-state index contributed by atoms with van der Waals surface area (Å²) in [4.78, 5) is 8.70. The van der Waals surface area contributed by atoms with Crippen molar-refractivity contribution in [3.05, 3.63) is 46.7 Å². The van der Waals surface area contributed by atoms with E-state index in [4.69, 9.17) is 17.3 Å². The largest absolute Gasteiger partial charge is 0.330 e. The lowest BCUT2D eigenvalue weighted by Gasteiger charge is -2.05.